The van der Waals surface area contributed by atoms with Gasteiger partial charge < -0.3 is 15.7 Å². The second-order valence-corrected chi connectivity index (χ2v) is 7.91. The number of hydrogen-bond donors (Lipinski definition) is 4. The van der Waals surface area contributed by atoms with E-state index in [9.17, 15) is 14.7 Å². The van der Waals surface area contributed by atoms with Gasteiger partial charge in [-0.3, -0.25) is 14.7 Å². The van der Waals surface area contributed by atoms with Crippen molar-refractivity contribution in [2.75, 3.05) is 5.32 Å². The lowest BCUT2D eigenvalue weighted by molar-refractivity contribution is -0.132. The van der Waals surface area contributed by atoms with Crippen LogP contribution in [0.2, 0.25) is 5.02 Å². The van der Waals surface area contributed by atoms with E-state index in [0.29, 0.717) is 16.4 Å². The summed E-state index contributed by atoms with van der Waals surface area (Å²) in [5.74, 6) is -0.496. The topological polar surface area (TPSA) is 107 Å². The normalized spacial score (nSPS) is 13.8. The number of anilines is 1. The third-order valence-corrected chi connectivity index (χ3v) is 5.18. The van der Waals surface area contributed by atoms with E-state index in [-0.39, 0.29) is 5.92 Å². The van der Waals surface area contributed by atoms with Crippen molar-refractivity contribution in [3.63, 3.8) is 0 Å². The molecular weight excluding hydrogens is 416 g/mol. The Balaban J connectivity index is 1.53. The molecule has 0 spiro atoms. The lowest BCUT2D eigenvalue weighted by Crippen LogP contribution is -2.43. The van der Waals surface area contributed by atoms with E-state index in [1.165, 1.54) is 12.5 Å². The quantitative estimate of drug-likeness (QED) is 0.429. The second-order valence-electron chi connectivity index (χ2n) is 7.47. The summed E-state index contributed by atoms with van der Waals surface area (Å²) >= 11 is 5.82. The molecule has 0 saturated heterocycles. The Hall–Kier alpha value is -3.16. The van der Waals surface area contributed by atoms with Crippen molar-refractivity contribution in [1.82, 2.24) is 15.5 Å². The Morgan fingerprint density at radius 1 is 1.06 bits per heavy atom. The lowest BCUT2D eigenvalue weighted by Gasteiger charge is -2.16. The number of aliphatic hydroxyl groups excluding tert-OH is 1. The van der Waals surface area contributed by atoms with Gasteiger partial charge in [-0.1, -0.05) is 61.0 Å². The van der Waals surface area contributed by atoms with Gasteiger partial charge in [-0.2, -0.15) is 5.10 Å². The number of benzene rings is 2. The molecule has 2 aromatic carbocycles. The molecule has 0 aliphatic rings. The first-order valence-electron chi connectivity index (χ1n) is 9.97. The van der Waals surface area contributed by atoms with Crippen LogP contribution in [0, 0.1) is 0 Å². The number of halogens is 1. The number of aromatic nitrogens is 2. The maximum Gasteiger partial charge on any atom is 0.254 e. The predicted octanol–water partition coefficient (Wildman–Crippen LogP) is 3.59. The van der Waals surface area contributed by atoms with Gasteiger partial charge in [0.05, 0.1) is 5.69 Å². The zero-order chi connectivity index (χ0) is 22.4. The SMILES string of the molecule is CC(NC(=O)C(O)c1ccc(Cl)cc1)C(=O)Nc1cc(C(C)Cc2ccccc2)n[nH]1. The molecule has 31 heavy (non-hydrogen) atoms. The Bertz CT molecular complexity index is 1020. The van der Waals surface area contributed by atoms with Gasteiger partial charge in [-0.05, 0) is 36.6 Å². The molecule has 0 fully saturated rings. The van der Waals surface area contributed by atoms with Crippen LogP contribution < -0.4 is 10.6 Å². The van der Waals surface area contributed by atoms with Crippen LogP contribution in [0.3, 0.4) is 0 Å². The number of carbonyl (C=O) groups is 2. The maximum atomic E-state index is 12.4. The van der Waals surface area contributed by atoms with Crippen LogP contribution in [0.15, 0.2) is 60.7 Å². The van der Waals surface area contributed by atoms with E-state index in [1.54, 1.807) is 30.3 Å². The highest BCUT2D eigenvalue weighted by Gasteiger charge is 2.23. The molecule has 8 heteroatoms. The summed E-state index contributed by atoms with van der Waals surface area (Å²) in [7, 11) is 0. The number of carbonyl (C=O) groups excluding carboxylic acids is 2. The Morgan fingerprint density at radius 2 is 1.74 bits per heavy atom. The van der Waals surface area contributed by atoms with Gasteiger partial charge in [0, 0.05) is 17.0 Å². The molecule has 3 rings (SSSR count). The third-order valence-electron chi connectivity index (χ3n) is 4.93. The van der Waals surface area contributed by atoms with Crippen molar-refractivity contribution < 1.29 is 14.7 Å². The number of H-pyrrole nitrogens is 1. The molecule has 4 N–H and O–H groups in total. The molecule has 3 atom stereocenters. The van der Waals surface area contributed by atoms with Gasteiger partial charge in [0.25, 0.3) is 5.91 Å². The van der Waals surface area contributed by atoms with Crippen LogP contribution in [-0.2, 0) is 16.0 Å². The molecule has 1 aromatic heterocycles. The number of aliphatic hydroxyl groups is 1. The Labute approximate surface area is 185 Å². The molecule has 1 heterocycles. The highest BCUT2D eigenvalue weighted by molar-refractivity contribution is 6.30. The molecule has 2 amide bonds. The van der Waals surface area contributed by atoms with Gasteiger partial charge in [-0.25, -0.2) is 0 Å². The molecule has 7 nitrogen and oxygen atoms in total. The fourth-order valence-electron chi connectivity index (χ4n) is 3.12. The van der Waals surface area contributed by atoms with E-state index in [0.717, 1.165) is 12.1 Å². The Morgan fingerprint density at radius 3 is 2.42 bits per heavy atom. The minimum absolute atomic E-state index is 0.163. The average Bonchev–Trinajstić information content (AvgIpc) is 3.23. The minimum Gasteiger partial charge on any atom is -0.378 e. The second kappa shape index (κ2) is 10.2. The monoisotopic (exact) mass is 440 g/mol. The number of amides is 2. The fourth-order valence-corrected chi connectivity index (χ4v) is 3.25. The molecule has 0 aliphatic carbocycles. The van der Waals surface area contributed by atoms with Gasteiger partial charge in [-0.15, -0.1) is 0 Å². The van der Waals surface area contributed by atoms with E-state index in [1.807, 2.05) is 18.2 Å². The van der Waals surface area contributed by atoms with Crippen molar-refractivity contribution in [2.45, 2.75) is 38.3 Å². The van der Waals surface area contributed by atoms with Crippen molar-refractivity contribution in [1.29, 1.82) is 0 Å². The van der Waals surface area contributed by atoms with Crippen LogP contribution in [0.1, 0.15) is 42.7 Å². The van der Waals surface area contributed by atoms with Crippen molar-refractivity contribution in [3.8, 4) is 0 Å². The van der Waals surface area contributed by atoms with E-state index < -0.39 is 24.0 Å². The van der Waals surface area contributed by atoms with E-state index >= 15 is 0 Å². The largest absolute Gasteiger partial charge is 0.378 e. The lowest BCUT2D eigenvalue weighted by atomic mass is 9.98. The smallest absolute Gasteiger partial charge is 0.254 e. The minimum atomic E-state index is -1.40. The summed E-state index contributed by atoms with van der Waals surface area (Å²) < 4.78 is 0. The fraction of sp³-hybridized carbons (Fsp3) is 0.261. The van der Waals surface area contributed by atoms with Crippen LogP contribution in [0.25, 0.3) is 0 Å². The summed E-state index contributed by atoms with van der Waals surface area (Å²) in [4.78, 5) is 24.7. The highest BCUT2D eigenvalue weighted by Crippen LogP contribution is 2.21. The van der Waals surface area contributed by atoms with Crippen LogP contribution >= 0.6 is 11.6 Å². The van der Waals surface area contributed by atoms with Gasteiger partial charge in [0.1, 0.15) is 11.9 Å². The zero-order valence-corrected chi connectivity index (χ0v) is 18.1. The first-order chi connectivity index (χ1) is 14.8. The number of aromatic amines is 1. The summed E-state index contributed by atoms with van der Waals surface area (Å²) in [6.45, 7) is 3.60. The van der Waals surface area contributed by atoms with Gasteiger partial charge >= 0.3 is 0 Å². The number of nitrogens with zero attached hydrogens (tertiary/aromatic N) is 1. The third kappa shape index (κ3) is 6.16. The summed E-state index contributed by atoms with van der Waals surface area (Å²) in [5.41, 5.74) is 2.42. The van der Waals surface area contributed by atoms with E-state index in [2.05, 4.69) is 39.9 Å². The number of rotatable bonds is 8. The summed E-state index contributed by atoms with van der Waals surface area (Å²) in [5, 5.41) is 23.0. The van der Waals surface area contributed by atoms with Crippen LogP contribution in [0.4, 0.5) is 5.82 Å². The molecule has 3 aromatic rings. The average molecular weight is 441 g/mol. The molecule has 162 valence electrons. The molecular formula is C23H25ClN4O3. The van der Waals surface area contributed by atoms with Crippen LogP contribution in [-0.4, -0.2) is 33.2 Å². The Kier molecular flexibility index (Phi) is 7.44. The molecule has 0 radical (unpaired) electrons. The van der Waals surface area contributed by atoms with Gasteiger partial charge in [0.2, 0.25) is 5.91 Å². The first-order valence-corrected chi connectivity index (χ1v) is 10.3. The van der Waals surface area contributed by atoms with Crippen molar-refractivity contribution in [3.05, 3.63) is 82.5 Å². The maximum absolute atomic E-state index is 12.4. The first kappa shape index (κ1) is 22.5. The summed E-state index contributed by atoms with van der Waals surface area (Å²) in [6.07, 6.45) is -0.571. The number of hydrogen-bond acceptors (Lipinski definition) is 4. The van der Waals surface area contributed by atoms with Gasteiger partial charge in [0.15, 0.2) is 6.10 Å². The van der Waals surface area contributed by atoms with Crippen molar-refractivity contribution in [2.24, 2.45) is 0 Å². The number of nitrogens with one attached hydrogen (secondary N) is 3. The molecule has 0 saturated carbocycles. The molecule has 3 unspecified atom stereocenters. The van der Waals surface area contributed by atoms with Crippen LogP contribution in [0.5, 0.6) is 0 Å². The summed E-state index contributed by atoms with van der Waals surface area (Å²) in [6, 6.07) is 17.3. The van der Waals surface area contributed by atoms with Crippen molar-refractivity contribution >= 4 is 29.2 Å². The zero-order valence-electron chi connectivity index (χ0n) is 17.3. The highest BCUT2D eigenvalue weighted by atomic mass is 35.5. The molecule has 0 aliphatic heterocycles. The molecule has 0 bridgehead atoms. The van der Waals surface area contributed by atoms with E-state index in [4.69, 9.17) is 11.6 Å². The standard InChI is InChI=1S/C23H25ClN4O3/c1-14(12-16-6-4-3-5-7-16)19-13-20(28-27-19)26-22(30)15(2)25-23(31)21(29)17-8-10-18(24)11-9-17/h3-11,13-15,21,29H,12H2,1-2H3,(H,25,31)(H2,26,27,28,30). The predicted molar refractivity (Wildman–Crippen MR) is 120 cm³/mol.